The molecule has 0 aliphatic rings. The van der Waals surface area contributed by atoms with Gasteiger partial charge in [0.15, 0.2) is 5.67 Å². The summed E-state index contributed by atoms with van der Waals surface area (Å²) in [6.45, 7) is 2.10. The first-order valence-electron chi connectivity index (χ1n) is 8.61. The maximum Gasteiger partial charge on any atom is 0.157 e. The minimum absolute atomic E-state index is 0.0335. The average Bonchev–Trinajstić information content (AvgIpc) is 2.55. The van der Waals surface area contributed by atoms with E-state index in [0.717, 1.165) is 24.8 Å². The van der Waals surface area contributed by atoms with Gasteiger partial charge in [-0.05, 0) is 12.0 Å². The Labute approximate surface area is 134 Å². The minimum Gasteiger partial charge on any atom is -0.393 e. The summed E-state index contributed by atoms with van der Waals surface area (Å²) in [5.41, 5.74) is -0.572. The van der Waals surface area contributed by atoms with Gasteiger partial charge in [0.05, 0.1) is 19.8 Å². The Bertz CT molecular complexity index is 369. The van der Waals surface area contributed by atoms with Crippen molar-refractivity contribution < 1.29 is 14.2 Å². The number of aliphatic hydroxyl groups excluding tert-OH is 1. The smallest absolute Gasteiger partial charge is 0.157 e. The van der Waals surface area contributed by atoms with E-state index in [0.29, 0.717) is 13.0 Å². The average molecular weight is 310 g/mol. The Morgan fingerprint density at radius 1 is 1.00 bits per heavy atom. The maximum absolute atomic E-state index is 14.5. The summed E-state index contributed by atoms with van der Waals surface area (Å²) in [7, 11) is 0. The van der Waals surface area contributed by atoms with Crippen molar-refractivity contribution in [3.05, 3.63) is 35.9 Å². The van der Waals surface area contributed by atoms with Gasteiger partial charge in [-0.3, -0.25) is 0 Å². The quantitative estimate of drug-likeness (QED) is 0.517. The third-order valence-corrected chi connectivity index (χ3v) is 3.98. The van der Waals surface area contributed by atoms with Crippen LogP contribution in [-0.4, -0.2) is 24.0 Å². The summed E-state index contributed by atoms with van der Waals surface area (Å²) in [5.74, 6) is 0. The third kappa shape index (κ3) is 8.50. The van der Waals surface area contributed by atoms with Crippen LogP contribution in [-0.2, 0) is 11.3 Å². The fourth-order valence-corrected chi connectivity index (χ4v) is 2.52. The fraction of sp³-hybridized carbons (Fsp3) is 0.684. The van der Waals surface area contributed by atoms with E-state index in [1.54, 1.807) is 0 Å². The highest BCUT2D eigenvalue weighted by Crippen LogP contribution is 2.21. The molecule has 22 heavy (non-hydrogen) atoms. The number of aliphatic hydroxyl groups is 1. The zero-order valence-corrected chi connectivity index (χ0v) is 13.9. The van der Waals surface area contributed by atoms with Crippen molar-refractivity contribution in [3.63, 3.8) is 0 Å². The zero-order valence-electron chi connectivity index (χ0n) is 13.9. The van der Waals surface area contributed by atoms with Crippen molar-refractivity contribution >= 4 is 0 Å². The molecule has 0 spiro atoms. The van der Waals surface area contributed by atoms with E-state index in [-0.39, 0.29) is 6.61 Å². The molecule has 0 saturated carbocycles. The molecule has 3 heteroatoms. The molecule has 1 aromatic rings. The molecule has 126 valence electrons. The van der Waals surface area contributed by atoms with E-state index in [1.165, 1.54) is 25.7 Å². The Kier molecular flexibility index (Phi) is 10.1. The first-order chi connectivity index (χ1) is 10.7. The second-order valence-corrected chi connectivity index (χ2v) is 6.16. The molecule has 0 saturated heterocycles. The van der Waals surface area contributed by atoms with Crippen molar-refractivity contribution in [3.8, 4) is 0 Å². The number of ether oxygens (including phenoxy) is 1. The first-order valence-corrected chi connectivity index (χ1v) is 8.61. The monoisotopic (exact) mass is 310 g/mol. The summed E-state index contributed by atoms with van der Waals surface area (Å²) in [6, 6.07) is 9.72. The van der Waals surface area contributed by atoms with Gasteiger partial charge in [-0.1, -0.05) is 82.2 Å². The van der Waals surface area contributed by atoms with Crippen LogP contribution in [0.25, 0.3) is 0 Å². The SMILES string of the molecule is CCCCCCCCCC(F)(CO)COCc1ccccc1. The van der Waals surface area contributed by atoms with Gasteiger partial charge in [0.2, 0.25) is 0 Å². The number of alkyl halides is 1. The predicted octanol–water partition coefficient (Wildman–Crippen LogP) is 5.04. The van der Waals surface area contributed by atoms with E-state index in [4.69, 9.17) is 4.74 Å². The van der Waals surface area contributed by atoms with Crippen LogP contribution < -0.4 is 0 Å². The number of halogens is 1. The van der Waals surface area contributed by atoms with Crippen LogP contribution in [0.1, 0.15) is 63.9 Å². The first kappa shape index (κ1) is 19.1. The van der Waals surface area contributed by atoms with Crippen LogP contribution in [0.4, 0.5) is 4.39 Å². The highest BCUT2D eigenvalue weighted by atomic mass is 19.1. The van der Waals surface area contributed by atoms with Crippen molar-refractivity contribution in [1.29, 1.82) is 0 Å². The molecule has 2 nitrogen and oxygen atoms in total. The summed E-state index contributed by atoms with van der Waals surface area (Å²) < 4.78 is 19.9. The second-order valence-electron chi connectivity index (χ2n) is 6.16. The number of rotatable bonds is 13. The molecular weight excluding hydrogens is 279 g/mol. The lowest BCUT2D eigenvalue weighted by molar-refractivity contribution is -0.0322. The molecule has 1 atom stereocenters. The topological polar surface area (TPSA) is 29.5 Å². The summed E-state index contributed by atoms with van der Waals surface area (Å²) in [6.07, 6.45) is 8.44. The molecule has 1 N–H and O–H groups in total. The van der Waals surface area contributed by atoms with Crippen LogP contribution >= 0.6 is 0 Å². The van der Waals surface area contributed by atoms with Crippen molar-refractivity contribution in [2.75, 3.05) is 13.2 Å². The molecule has 0 amide bonds. The second kappa shape index (κ2) is 11.6. The van der Waals surface area contributed by atoms with Crippen molar-refractivity contribution in [2.45, 2.75) is 70.6 Å². The molecule has 0 aliphatic heterocycles. The largest absolute Gasteiger partial charge is 0.393 e. The molecule has 0 fully saturated rings. The van der Waals surface area contributed by atoms with Gasteiger partial charge in [-0.15, -0.1) is 0 Å². The maximum atomic E-state index is 14.5. The van der Waals surface area contributed by atoms with E-state index in [2.05, 4.69) is 6.92 Å². The Morgan fingerprint density at radius 3 is 2.27 bits per heavy atom. The summed E-state index contributed by atoms with van der Waals surface area (Å²) in [5, 5.41) is 9.30. The molecule has 1 rings (SSSR count). The van der Waals surface area contributed by atoms with Gasteiger partial charge in [0, 0.05) is 0 Å². The molecule has 0 bridgehead atoms. The predicted molar refractivity (Wildman–Crippen MR) is 89.6 cm³/mol. The number of benzene rings is 1. The van der Waals surface area contributed by atoms with Gasteiger partial charge in [0.1, 0.15) is 0 Å². The highest BCUT2D eigenvalue weighted by molar-refractivity contribution is 5.13. The number of hydrogen-bond donors (Lipinski definition) is 1. The minimum atomic E-state index is -1.60. The zero-order chi connectivity index (χ0) is 16.1. The van der Waals surface area contributed by atoms with E-state index < -0.39 is 12.3 Å². The lowest BCUT2D eigenvalue weighted by atomic mass is 9.98. The van der Waals surface area contributed by atoms with Gasteiger partial charge >= 0.3 is 0 Å². The third-order valence-electron chi connectivity index (χ3n) is 3.98. The Morgan fingerprint density at radius 2 is 1.64 bits per heavy atom. The number of unbranched alkanes of at least 4 members (excludes halogenated alkanes) is 6. The van der Waals surface area contributed by atoms with Crippen LogP contribution in [0.5, 0.6) is 0 Å². The van der Waals surface area contributed by atoms with Crippen molar-refractivity contribution in [1.82, 2.24) is 0 Å². The van der Waals surface area contributed by atoms with Gasteiger partial charge in [-0.2, -0.15) is 0 Å². The van der Waals surface area contributed by atoms with E-state index >= 15 is 0 Å². The van der Waals surface area contributed by atoms with Crippen LogP contribution in [0.2, 0.25) is 0 Å². The summed E-state index contributed by atoms with van der Waals surface area (Å²) in [4.78, 5) is 0. The normalized spacial score (nSPS) is 14.0. The fourth-order valence-electron chi connectivity index (χ4n) is 2.52. The lowest BCUT2D eigenvalue weighted by Gasteiger charge is -2.23. The van der Waals surface area contributed by atoms with Crippen LogP contribution in [0.3, 0.4) is 0 Å². The Hall–Kier alpha value is -0.930. The van der Waals surface area contributed by atoms with Crippen LogP contribution in [0, 0.1) is 0 Å². The van der Waals surface area contributed by atoms with Gasteiger partial charge in [0.25, 0.3) is 0 Å². The van der Waals surface area contributed by atoms with E-state index in [9.17, 15) is 9.50 Å². The lowest BCUT2D eigenvalue weighted by Crippen LogP contribution is -2.33. The molecule has 0 radical (unpaired) electrons. The molecular formula is C19H31FO2. The molecule has 0 aliphatic carbocycles. The number of hydrogen-bond acceptors (Lipinski definition) is 2. The van der Waals surface area contributed by atoms with Crippen molar-refractivity contribution in [2.24, 2.45) is 0 Å². The van der Waals surface area contributed by atoms with E-state index in [1.807, 2.05) is 30.3 Å². The molecule has 0 heterocycles. The van der Waals surface area contributed by atoms with Crippen LogP contribution in [0.15, 0.2) is 30.3 Å². The molecule has 0 aromatic heterocycles. The van der Waals surface area contributed by atoms with Gasteiger partial charge < -0.3 is 9.84 Å². The van der Waals surface area contributed by atoms with Gasteiger partial charge in [-0.25, -0.2) is 4.39 Å². The highest BCUT2D eigenvalue weighted by Gasteiger charge is 2.28. The standard InChI is InChI=1S/C19H31FO2/c1-2-3-4-5-6-7-11-14-19(20,16-21)17-22-15-18-12-9-8-10-13-18/h8-10,12-13,21H,2-7,11,14-17H2,1H3. The summed E-state index contributed by atoms with van der Waals surface area (Å²) >= 11 is 0. The molecule has 1 aromatic carbocycles. The molecule has 1 unspecified atom stereocenters. The Balaban J connectivity index is 2.14.